The molecule has 1 unspecified atom stereocenters. The Morgan fingerprint density at radius 2 is 2.17 bits per heavy atom. The smallest absolute Gasteiger partial charge is 0.185 e. The molecule has 2 aromatic rings. The number of thiazole rings is 1. The Labute approximate surface area is 115 Å². The average molecular weight is 285 g/mol. The van der Waals surface area contributed by atoms with Crippen LogP contribution in [0.2, 0.25) is 0 Å². The van der Waals surface area contributed by atoms with E-state index in [0.717, 1.165) is 10.8 Å². The molecule has 1 aromatic heterocycles. The summed E-state index contributed by atoms with van der Waals surface area (Å²) in [6.07, 6.45) is 0. The van der Waals surface area contributed by atoms with E-state index in [1.54, 1.807) is 12.1 Å². The molecule has 0 radical (unpaired) electrons. The molecule has 2 nitrogen and oxygen atoms in total. The molecule has 0 fully saturated rings. The van der Waals surface area contributed by atoms with Gasteiger partial charge >= 0.3 is 0 Å². The van der Waals surface area contributed by atoms with Crippen molar-refractivity contribution in [3.63, 3.8) is 0 Å². The number of aromatic nitrogens is 1. The second-order valence-corrected chi connectivity index (χ2v) is 5.17. The van der Waals surface area contributed by atoms with Crippen LogP contribution in [0.3, 0.4) is 0 Å². The highest BCUT2D eigenvalue weighted by atomic mass is 35.5. The average Bonchev–Trinajstić information content (AvgIpc) is 2.86. The van der Waals surface area contributed by atoms with E-state index in [0.29, 0.717) is 11.4 Å². The first-order chi connectivity index (χ1) is 8.63. The van der Waals surface area contributed by atoms with E-state index >= 15 is 0 Å². The molecule has 1 atom stereocenters. The van der Waals surface area contributed by atoms with Crippen LogP contribution in [-0.2, 0) is 5.88 Å². The summed E-state index contributed by atoms with van der Waals surface area (Å²) in [5, 5.41) is 2.77. The minimum Gasteiger partial charge on any atom is -0.344 e. The van der Waals surface area contributed by atoms with Crippen LogP contribution in [0.25, 0.3) is 0 Å². The number of rotatable bonds is 4. The zero-order valence-electron chi connectivity index (χ0n) is 10.2. The summed E-state index contributed by atoms with van der Waals surface area (Å²) in [4.78, 5) is 6.35. The van der Waals surface area contributed by atoms with E-state index in [1.165, 1.54) is 17.4 Å². The first-order valence-corrected chi connectivity index (χ1v) is 7.02. The van der Waals surface area contributed by atoms with Gasteiger partial charge in [0.1, 0.15) is 5.82 Å². The van der Waals surface area contributed by atoms with Gasteiger partial charge < -0.3 is 4.90 Å². The van der Waals surface area contributed by atoms with Gasteiger partial charge in [0.15, 0.2) is 5.13 Å². The van der Waals surface area contributed by atoms with Crippen molar-refractivity contribution in [2.24, 2.45) is 0 Å². The summed E-state index contributed by atoms with van der Waals surface area (Å²) in [6.45, 7) is 1.96. The van der Waals surface area contributed by atoms with Crippen molar-refractivity contribution in [1.82, 2.24) is 4.98 Å². The summed E-state index contributed by atoms with van der Waals surface area (Å²) >= 11 is 7.25. The molecule has 0 amide bonds. The van der Waals surface area contributed by atoms with E-state index < -0.39 is 0 Å². The van der Waals surface area contributed by atoms with Crippen LogP contribution < -0.4 is 4.90 Å². The third-order valence-corrected chi connectivity index (χ3v) is 4.17. The molecular weight excluding hydrogens is 271 g/mol. The third kappa shape index (κ3) is 2.65. The third-order valence-electron chi connectivity index (χ3n) is 2.91. The topological polar surface area (TPSA) is 16.1 Å². The standard InChI is InChI=1S/C13H14ClFN2S/c1-9(11-5-3-4-6-12(11)15)17(2)13-16-10(7-14)8-18-13/h3-6,8-9H,7H2,1-2H3. The number of anilines is 1. The van der Waals surface area contributed by atoms with Crippen molar-refractivity contribution in [2.75, 3.05) is 11.9 Å². The summed E-state index contributed by atoms with van der Waals surface area (Å²) in [5.41, 5.74) is 1.52. The van der Waals surface area contributed by atoms with E-state index in [2.05, 4.69) is 4.98 Å². The highest BCUT2D eigenvalue weighted by Crippen LogP contribution is 2.29. The lowest BCUT2D eigenvalue weighted by molar-refractivity contribution is 0.585. The van der Waals surface area contributed by atoms with Crippen LogP contribution >= 0.6 is 22.9 Å². The van der Waals surface area contributed by atoms with Gasteiger partial charge in [-0.1, -0.05) is 18.2 Å². The Balaban J connectivity index is 2.23. The van der Waals surface area contributed by atoms with Crippen LogP contribution in [0, 0.1) is 5.82 Å². The van der Waals surface area contributed by atoms with Crippen molar-refractivity contribution >= 4 is 28.1 Å². The van der Waals surface area contributed by atoms with Gasteiger partial charge in [0.25, 0.3) is 0 Å². The maximum atomic E-state index is 13.7. The monoisotopic (exact) mass is 284 g/mol. The molecule has 0 N–H and O–H groups in total. The van der Waals surface area contributed by atoms with Crippen LogP contribution in [0.5, 0.6) is 0 Å². The normalized spacial score (nSPS) is 12.4. The Morgan fingerprint density at radius 1 is 1.44 bits per heavy atom. The van der Waals surface area contributed by atoms with E-state index in [-0.39, 0.29) is 11.9 Å². The molecule has 0 saturated heterocycles. The van der Waals surface area contributed by atoms with E-state index in [4.69, 9.17) is 11.6 Å². The second kappa shape index (κ2) is 5.67. The summed E-state index contributed by atoms with van der Waals surface area (Å²) in [6, 6.07) is 6.74. The van der Waals surface area contributed by atoms with Gasteiger partial charge in [-0.15, -0.1) is 22.9 Å². The number of nitrogens with zero attached hydrogens (tertiary/aromatic N) is 2. The summed E-state index contributed by atoms with van der Waals surface area (Å²) in [5.74, 6) is 0.212. The number of hydrogen-bond acceptors (Lipinski definition) is 3. The number of alkyl halides is 1. The van der Waals surface area contributed by atoms with Crippen molar-refractivity contribution in [3.8, 4) is 0 Å². The van der Waals surface area contributed by atoms with Crippen LogP contribution in [0.4, 0.5) is 9.52 Å². The fourth-order valence-corrected chi connectivity index (χ4v) is 2.81. The lowest BCUT2D eigenvalue weighted by atomic mass is 10.1. The van der Waals surface area contributed by atoms with E-state index in [9.17, 15) is 4.39 Å². The minimum absolute atomic E-state index is 0.0690. The van der Waals surface area contributed by atoms with Gasteiger partial charge in [0.05, 0.1) is 17.6 Å². The Hall–Kier alpha value is -1.13. The Morgan fingerprint density at radius 3 is 2.78 bits per heavy atom. The molecule has 2 rings (SSSR count). The lowest BCUT2D eigenvalue weighted by Gasteiger charge is -2.24. The molecule has 1 heterocycles. The predicted molar refractivity (Wildman–Crippen MR) is 74.9 cm³/mol. The molecular formula is C13H14ClFN2S. The minimum atomic E-state index is -0.189. The lowest BCUT2D eigenvalue weighted by Crippen LogP contribution is -2.22. The molecule has 5 heteroatoms. The Kier molecular flexibility index (Phi) is 4.19. The largest absolute Gasteiger partial charge is 0.344 e. The van der Waals surface area contributed by atoms with Crippen LogP contribution in [-0.4, -0.2) is 12.0 Å². The van der Waals surface area contributed by atoms with Gasteiger partial charge in [-0.2, -0.15) is 0 Å². The SMILES string of the molecule is CC(c1ccccc1F)N(C)c1nc(CCl)cs1. The number of hydrogen-bond donors (Lipinski definition) is 0. The molecule has 0 spiro atoms. The Bertz CT molecular complexity index is 529. The maximum absolute atomic E-state index is 13.7. The van der Waals surface area contributed by atoms with Gasteiger partial charge in [-0.25, -0.2) is 9.37 Å². The van der Waals surface area contributed by atoms with Gasteiger partial charge in [-0.05, 0) is 13.0 Å². The van der Waals surface area contributed by atoms with Crippen LogP contribution in [0.15, 0.2) is 29.6 Å². The van der Waals surface area contributed by atoms with Crippen molar-refractivity contribution in [2.45, 2.75) is 18.8 Å². The number of halogens is 2. The highest BCUT2D eigenvalue weighted by Gasteiger charge is 2.17. The molecule has 0 aliphatic heterocycles. The van der Waals surface area contributed by atoms with Crippen LogP contribution in [0.1, 0.15) is 24.2 Å². The fraction of sp³-hybridized carbons (Fsp3) is 0.308. The zero-order chi connectivity index (χ0) is 13.1. The molecule has 0 bridgehead atoms. The van der Waals surface area contributed by atoms with Gasteiger partial charge in [0.2, 0.25) is 0 Å². The molecule has 18 heavy (non-hydrogen) atoms. The fourth-order valence-electron chi connectivity index (χ4n) is 1.71. The molecule has 0 aliphatic rings. The maximum Gasteiger partial charge on any atom is 0.185 e. The molecule has 96 valence electrons. The quantitative estimate of drug-likeness (QED) is 0.782. The van der Waals surface area contributed by atoms with Crippen molar-refractivity contribution in [1.29, 1.82) is 0 Å². The first-order valence-electron chi connectivity index (χ1n) is 5.61. The van der Waals surface area contributed by atoms with Crippen molar-refractivity contribution in [3.05, 3.63) is 46.7 Å². The highest BCUT2D eigenvalue weighted by molar-refractivity contribution is 7.13. The second-order valence-electron chi connectivity index (χ2n) is 4.06. The molecule has 0 aliphatic carbocycles. The van der Waals surface area contributed by atoms with Gasteiger partial charge in [0, 0.05) is 18.0 Å². The molecule has 0 saturated carbocycles. The summed E-state index contributed by atoms with van der Waals surface area (Å²) < 4.78 is 13.7. The molecule has 1 aromatic carbocycles. The summed E-state index contributed by atoms with van der Waals surface area (Å²) in [7, 11) is 1.91. The zero-order valence-corrected chi connectivity index (χ0v) is 11.8. The van der Waals surface area contributed by atoms with E-state index in [1.807, 2.05) is 30.3 Å². The first kappa shape index (κ1) is 13.3. The van der Waals surface area contributed by atoms with Crippen molar-refractivity contribution < 1.29 is 4.39 Å². The predicted octanol–water partition coefficient (Wildman–Crippen LogP) is 4.22. The van der Waals surface area contributed by atoms with Gasteiger partial charge in [-0.3, -0.25) is 0 Å². The number of benzene rings is 1.